The molecule has 8 heteroatoms. The standard InChI is InChI=1S/C18H30.3Na.H3O4P/c1-2-3-4-5-6-7-8-9-10-12-15-18-16-13-11-14-17-18;;;;1-5(2,3)4/h11,13-14,16-17H,2-10,12,15H2,1H3;;;;(H3,1,2,3,4)/q;3*+1;/p-3. The van der Waals surface area contributed by atoms with E-state index in [9.17, 15) is 0 Å². The molecule has 0 saturated heterocycles. The van der Waals surface area contributed by atoms with E-state index in [2.05, 4.69) is 37.3 Å². The quantitative estimate of drug-likeness (QED) is 0.207. The minimum Gasteiger partial charge on any atom is -0.822 e. The molecule has 1 aromatic rings. The largest absolute Gasteiger partial charge is 1.00 e. The Morgan fingerprint density at radius 2 is 1.04 bits per heavy atom. The molecule has 0 saturated carbocycles. The van der Waals surface area contributed by atoms with Crippen LogP contribution in [0.4, 0.5) is 0 Å². The second-order valence-electron chi connectivity index (χ2n) is 5.86. The van der Waals surface area contributed by atoms with Crippen LogP contribution in [0.2, 0.25) is 0 Å². The predicted molar refractivity (Wildman–Crippen MR) is 89.6 cm³/mol. The first-order valence-electron chi connectivity index (χ1n) is 8.70. The summed E-state index contributed by atoms with van der Waals surface area (Å²) in [5, 5.41) is 0. The fraction of sp³-hybridized carbons (Fsp3) is 0.667. The molecule has 4 nitrogen and oxygen atoms in total. The minimum atomic E-state index is -5.39. The van der Waals surface area contributed by atoms with Crippen LogP contribution in [-0.2, 0) is 11.0 Å². The molecule has 0 fully saturated rings. The van der Waals surface area contributed by atoms with Crippen LogP contribution in [-0.4, -0.2) is 0 Å². The maximum atomic E-state index is 8.55. The van der Waals surface area contributed by atoms with Gasteiger partial charge in [0.15, 0.2) is 0 Å². The molecule has 26 heavy (non-hydrogen) atoms. The topological polar surface area (TPSA) is 86.2 Å². The smallest absolute Gasteiger partial charge is 0.822 e. The second-order valence-corrected chi connectivity index (χ2v) is 6.76. The number of unbranched alkanes of at least 4 members (excludes halogenated alkanes) is 9. The van der Waals surface area contributed by atoms with Crippen molar-refractivity contribution in [1.29, 1.82) is 0 Å². The van der Waals surface area contributed by atoms with E-state index in [1.807, 2.05) is 0 Å². The molecule has 0 heterocycles. The molecule has 0 unspecified atom stereocenters. The Kier molecular flexibility index (Phi) is 34.9. The van der Waals surface area contributed by atoms with Crippen LogP contribution in [0.15, 0.2) is 30.3 Å². The summed E-state index contributed by atoms with van der Waals surface area (Å²) >= 11 is 0. The zero-order chi connectivity index (χ0) is 17.4. The molecule has 0 aliphatic carbocycles. The van der Waals surface area contributed by atoms with Gasteiger partial charge in [0.1, 0.15) is 0 Å². The van der Waals surface area contributed by atoms with Crippen molar-refractivity contribution in [3.05, 3.63) is 35.9 Å². The molecule has 0 bridgehead atoms. The van der Waals surface area contributed by atoms with Gasteiger partial charge >= 0.3 is 88.7 Å². The van der Waals surface area contributed by atoms with Gasteiger partial charge in [-0.2, -0.15) is 7.82 Å². The van der Waals surface area contributed by atoms with E-state index in [4.69, 9.17) is 19.2 Å². The fourth-order valence-electron chi connectivity index (χ4n) is 2.46. The van der Waals surface area contributed by atoms with Crippen molar-refractivity contribution in [3.63, 3.8) is 0 Å². The van der Waals surface area contributed by atoms with Crippen molar-refractivity contribution in [2.24, 2.45) is 0 Å². The predicted octanol–water partition coefficient (Wildman–Crippen LogP) is -5.66. The number of hydrogen-bond donors (Lipinski definition) is 0. The SMILES string of the molecule is CCCCCCCCCCCCc1ccccc1.O=P([O-])([O-])[O-].[Na+].[Na+].[Na+]. The van der Waals surface area contributed by atoms with Gasteiger partial charge in [0.25, 0.3) is 0 Å². The second kappa shape index (κ2) is 25.4. The molecule has 0 radical (unpaired) electrons. The van der Waals surface area contributed by atoms with Gasteiger partial charge in [-0.15, -0.1) is 0 Å². The van der Waals surface area contributed by atoms with Crippen LogP contribution >= 0.6 is 7.82 Å². The Morgan fingerprint density at radius 3 is 1.42 bits per heavy atom. The first-order chi connectivity index (χ1) is 10.9. The summed E-state index contributed by atoms with van der Waals surface area (Å²) in [6, 6.07) is 10.9. The molecule has 0 N–H and O–H groups in total. The van der Waals surface area contributed by atoms with Gasteiger partial charge in [-0.3, -0.25) is 0 Å². The van der Waals surface area contributed by atoms with Gasteiger partial charge in [0, 0.05) is 0 Å². The van der Waals surface area contributed by atoms with Crippen molar-refractivity contribution < 1.29 is 108 Å². The third-order valence-electron chi connectivity index (χ3n) is 3.66. The zero-order valence-corrected chi connectivity index (χ0v) is 24.1. The average molecular weight is 410 g/mol. The van der Waals surface area contributed by atoms with Crippen molar-refractivity contribution in [3.8, 4) is 0 Å². The molecule has 0 aliphatic heterocycles. The van der Waals surface area contributed by atoms with E-state index in [-0.39, 0.29) is 88.7 Å². The summed E-state index contributed by atoms with van der Waals surface area (Å²) in [6.45, 7) is 2.28. The number of aryl methyl sites for hydroxylation is 1. The molecule has 1 aromatic carbocycles. The van der Waals surface area contributed by atoms with Gasteiger partial charge in [-0.1, -0.05) is 95.0 Å². The van der Waals surface area contributed by atoms with Gasteiger partial charge in [-0.25, -0.2) is 0 Å². The maximum absolute atomic E-state index is 8.55. The van der Waals surface area contributed by atoms with E-state index >= 15 is 0 Å². The van der Waals surface area contributed by atoms with E-state index in [1.165, 1.54) is 76.2 Å². The molecule has 0 aliphatic rings. The summed E-state index contributed by atoms with van der Waals surface area (Å²) in [4.78, 5) is 25.6. The molecule has 0 atom stereocenters. The Hall–Kier alpha value is 2.33. The van der Waals surface area contributed by atoms with Crippen LogP contribution in [0.1, 0.15) is 76.7 Å². The fourth-order valence-corrected chi connectivity index (χ4v) is 2.46. The Morgan fingerprint density at radius 1 is 0.692 bits per heavy atom. The monoisotopic (exact) mass is 410 g/mol. The number of phosphoric acid groups is 1. The Bertz CT molecular complexity index is 408. The average Bonchev–Trinajstić information content (AvgIpc) is 2.48. The number of benzene rings is 1. The van der Waals surface area contributed by atoms with Crippen LogP contribution in [0.5, 0.6) is 0 Å². The van der Waals surface area contributed by atoms with Crippen LogP contribution in [0, 0.1) is 0 Å². The first-order valence-corrected chi connectivity index (χ1v) is 10.2. The van der Waals surface area contributed by atoms with Crippen molar-refractivity contribution in [2.45, 2.75) is 77.6 Å². The molecule has 0 spiro atoms. The maximum Gasteiger partial charge on any atom is 1.00 e. The van der Waals surface area contributed by atoms with Crippen molar-refractivity contribution in [1.82, 2.24) is 0 Å². The first kappa shape index (κ1) is 35.7. The molecular weight excluding hydrogens is 380 g/mol. The van der Waals surface area contributed by atoms with E-state index in [1.54, 1.807) is 0 Å². The summed E-state index contributed by atoms with van der Waals surface area (Å²) in [5.74, 6) is 0. The third kappa shape index (κ3) is 33.9. The Labute approximate surface area is 226 Å². The van der Waals surface area contributed by atoms with Gasteiger partial charge in [0.2, 0.25) is 0 Å². The van der Waals surface area contributed by atoms with E-state index in [0.29, 0.717) is 0 Å². The molecule has 134 valence electrons. The summed E-state index contributed by atoms with van der Waals surface area (Å²) in [7, 11) is -5.39. The molecular formula is C18H30Na3O4P. The van der Waals surface area contributed by atoms with Crippen LogP contribution in [0.25, 0.3) is 0 Å². The minimum absolute atomic E-state index is 0. The normalized spacial score (nSPS) is 9.69. The Balaban J connectivity index is -0.000000268. The van der Waals surface area contributed by atoms with Gasteiger partial charge in [0.05, 0.1) is 0 Å². The summed E-state index contributed by atoms with van der Waals surface area (Å²) in [5.41, 5.74) is 1.50. The van der Waals surface area contributed by atoms with Gasteiger partial charge < -0.3 is 19.2 Å². The number of hydrogen-bond acceptors (Lipinski definition) is 4. The molecule has 1 rings (SSSR count). The number of rotatable bonds is 11. The van der Waals surface area contributed by atoms with E-state index < -0.39 is 7.82 Å². The van der Waals surface area contributed by atoms with E-state index in [0.717, 1.165) is 0 Å². The third-order valence-corrected chi connectivity index (χ3v) is 3.66. The van der Waals surface area contributed by atoms with Crippen LogP contribution in [0.3, 0.4) is 0 Å². The summed E-state index contributed by atoms with van der Waals surface area (Å²) < 4.78 is 8.55. The van der Waals surface area contributed by atoms with Crippen molar-refractivity contribution in [2.75, 3.05) is 0 Å². The van der Waals surface area contributed by atoms with Crippen LogP contribution < -0.4 is 103 Å². The summed E-state index contributed by atoms with van der Waals surface area (Å²) in [6.07, 6.45) is 15.5. The molecule has 0 aromatic heterocycles. The molecule has 0 amide bonds. The van der Waals surface area contributed by atoms with Gasteiger partial charge in [-0.05, 0) is 18.4 Å². The zero-order valence-electron chi connectivity index (χ0n) is 17.2. The van der Waals surface area contributed by atoms with Crippen molar-refractivity contribution >= 4 is 7.82 Å².